The zero-order valence-electron chi connectivity index (χ0n) is 15.5. The summed E-state index contributed by atoms with van der Waals surface area (Å²) in [6.07, 6.45) is -5.75. The molecule has 0 aliphatic rings. The molecule has 0 saturated carbocycles. The van der Waals surface area contributed by atoms with Crippen LogP contribution in [-0.4, -0.2) is 27.1 Å². The minimum atomic E-state index is -4.40. The highest BCUT2D eigenvalue weighted by molar-refractivity contribution is 5.74. The molecular weight excluding hydrogens is 387 g/mol. The van der Waals surface area contributed by atoms with Crippen molar-refractivity contribution in [1.82, 2.24) is 20.3 Å². The molecule has 7 nitrogen and oxygen atoms in total. The number of benzene rings is 2. The maximum atomic E-state index is 12.7. The van der Waals surface area contributed by atoms with Crippen molar-refractivity contribution in [2.45, 2.75) is 38.1 Å². The fourth-order valence-corrected chi connectivity index (χ4v) is 3.06. The fourth-order valence-electron chi connectivity index (χ4n) is 3.06. The minimum absolute atomic E-state index is 0.244. The smallest absolute Gasteiger partial charge is 0.416 e. The fraction of sp³-hybridized carbons (Fsp3) is 0.316. The molecule has 0 aliphatic carbocycles. The SMILES string of the molecule is CC[C@H](CC(NC(=O)[O-])n1nnc2ccccc21)Nc1ccc(C(F)(F)F)cc1. The molecule has 10 heteroatoms. The number of para-hydroxylation sites is 1. The highest BCUT2D eigenvalue weighted by Gasteiger charge is 2.30. The maximum absolute atomic E-state index is 12.7. The molecule has 0 fully saturated rings. The molecule has 2 aromatic carbocycles. The third-order valence-electron chi connectivity index (χ3n) is 4.54. The topological polar surface area (TPSA) is 94.9 Å². The van der Waals surface area contributed by atoms with Crippen LogP contribution in [-0.2, 0) is 6.18 Å². The number of aromatic nitrogens is 3. The number of carbonyl (C=O) groups is 1. The van der Waals surface area contributed by atoms with Crippen LogP contribution in [0.5, 0.6) is 0 Å². The van der Waals surface area contributed by atoms with Gasteiger partial charge in [-0.1, -0.05) is 24.3 Å². The average Bonchev–Trinajstić information content (AvgIpc) is 3.10. The molecule has 2 atom stereocenters. The lowest BCUT2D eigenvalue weighted by molar-refractivity contribution is -0.252. The molecule has 1 amide bonds. The number of nitrogens with zero attached hydrogens (tertiary/aromatic N) is 3. The number of anilines is 1. The molecule has 29 heavy (non-hydrogen) atoms. The van der Waals surface area contributed by atoms with Gasteiger partial charge in [-0.3, -0.25) is 0 Å². The van der Waals surface area contributed by atoms with E-state index in [-0.39, 0.29) is 12.5 Å². The summed E-state index contributed by atoms with van der Waals surface area (Å²) in [6, 6.07) is 11.5. The first-order chi connectivity index (χ1) is 13.8. The number of carboxylic acid groups (broad SMARTS) is 1. The van der Waals surface area contributed by atoms with E-state index in [1.54, 1.807) is 24.3 Å². The average molecular weight is 406 g/mol. The number of halogens is 3. The first-order valence-electron chi connectivity index (χ1n) is 8.99. The lowest BCUT2D eigenvalue weighted by Gasteiger charge is -2.26. The molecule has 1 aromatic heterocycles. The van der Waals surface area contributed by atoms with Crippen LogP contribution >= 0.6 is 0 Å². The first kappa shape index (κ1) is 20.4. The lowest BCUT2D eigenvalue weighted by Crippen LogP contribution is -2.43. The Kier molecular flexibility index (Phi) is 5.90. The van der Waals surface area contributed by atoms with Gasteiger partial charge in [-0.05, 0) is 42.8 Å². The molecule has 154 valence electrons. The Morgan fingerprint density at radius 2 is 1.86 bits per heavy atom. The molecule has 3 aromatic rings. The van der Waals surface area contributed by atoms with Crippen LogP contribution in [0.1, 0.15) is 31.5 Å². The molecule has 3 rings (SSSR count). The maximum Gasteiger partial charge on any atom is 0.416 e. The summed E-state index contributed by atoms with van der Waals surface area (Å²) in [5, 5.41) is 24.7. The molecule has 0 bridgehead atoms. The number of carbonyl (C=O) groups excluding carboxylic acids is 1. The lowest BCUT2D eigenvalue weighted by atomic mass is 10.1. The second-order valence-corrected chi connectivity index (χ2v) is 6.53. The Hall–Kier alpha value is -3.30. The van der Waals surface area contributed by atoms with E-state index in [9.17, 15) is 23.1 Å². The highest BCUT2D eigenvalue weighted by atomic mass is 19.4. The molecule has 1 unspecified atom stereocenters. The summed E-state index contributed by atoms with van der Waals surface area (Å²) in [5.41, 5.74) is 1.03. The number of alkyl halides is 3. The Labute approximate surface area is 164 Å². The third-order valence-corrected chi connectivity index (χ3v) is 4.54. The van der Waals surface area contributed by atoms with Crippen molar-refractivity contribution in [3.63, 3.8) is 0 Å². The van der Waals surface area contributed by atoms with Crippen molar-refractivity contribution < 1.29 is 23.1 Å². The number of nitrogens with one attached hydrogen (secondary N) is 2. The Balaban J connectivity index is 1.79. The summed E-state index contributed by atoms with van der Waals surface area (Å²) in [5.74, 6) is 0. The summed E-state index contributed by atoms with van der Waals surface area (Å²) in [4.78, 5) is 11.2. The van der Waals surface area contributed by atoms with Gasteiger partial charge in [-0.2, -0.15) is 13.2 Å². The van der Waals surface area contributed by atoms with Crippen molar-refractivity contribution in [3.8, 4) is 0 Å². The summed E-state index contributed by atoms with van der Waals surface area (Å²) < 4.78 is 39.6. The third kappa shape index (κ3) is 4.95. The summed E-state index contributed by atoms with van der Waals surface area (Å²) >= 11 is 0. The van der Waals surface area contributed by atoms with E-state index in [1.165, 1.54) is 16.8 Å². The van der Waals surface area contributed by atoms with Gasteiger partial charge >= 0.3 is 6.18 Å². The molecule has 0 aliphatic heterocycles. The second-order valence-electron chi connectivity index (χ2n) is 6.53. The van der Waals surface area contributed by atoms with Gasteiger partial charge in [-0.25, -0.2) is 4.68 Å². The van der Waals surface area contributed by atoms with Crippen LogP contribution in [0.2, 0.25) is 0 Å². The summed E-state index contributed by atoms with van der Waals surface area (Å²) in [6.45, 7) is 1.89. The van der Waals surface area contributed by atoms with Crippen molar-refractivity contribution in [1.29, 1.82) is 0 Å². The van der Waals surface area contributed by atoms with Crippen LogP contribution < -0.4 is 15.7 Å². The monoisotopic (exact) mass is 406 g/mol. The van der Waals surface area contributed by atoms with E-state index in [0.717, 1.165) is 12.1 Å². The second kappa shape index (κ2) is 8.38. The van der Waals surface area contributed by atoms with Gasteiger partial charge in [0.05, 0.1) is 11.1 Å². The van der Waals surface area contributed by atoms with Gasteiger partial charge in [0.1, 0.15) is 17.8 Å². The highest BCUT2D eigenvalue weighted by Crippen LogP contribution is 2.30. The van der Waals surface area contributed by atoms with Crippen LogP contribution in [0.15, 0.2) is 48.5 Å². The Morgan fingerprint density at radius 3 is 2.48 bits per heavy atom. The van der Waals surface area contributed by atoms with Crippen molar-refractivity contribution in [2.75, 3.05) is 5.32 Å². The van der Waals surface area contributed by atoms with Gasteiger partial charge < -0.3 is 20.5 Å². The molecule has 1 heterocycles. The predicted octanol–water partition coefficient (Wildman–Crippen LogP) is 3.16. The van der Waals surface area contributed by atoms with Gasteiger partial charge in [-0.15, -0.1) is 5.10 Å². The molecule has 0 radical (unpaired) electrons. The quantitative estimate of drug-likeness (QED) is 0.629. The number of amides is 1. The van der Waals surface area contributed by atoms with Crippen molar-refractivity contribution >= 4 is 22.8 Å². The largest absolute Gasteiger partial charge is 0.530 e. The van der Waals surface area contributed by atoms with E-state index in [2.05, 4.69) is 20.9 Å². The minimum Gasteiger partial charge on any atom is -0.530 e. The number of hydrogen-bond acceptors (Lipinski definition) is 5. The first-order valence-corrected chi connectivity index (χ1v) is 8.99. The van der Waals surface area contributed by atoms with Crippen molar-refractivity contribution in [2.24, 2.45) is 0 Å². The zero-order chi connectivity index (χ0) is 21.0. The van der Waals surface area contributed by atoms with Gasteiger partial charge in [0.2, 0.25) is 0 Å². The Morgan fingerprint density at radius 1 is 1.17 bits per heavy atom. The summed E-state index contributed by atoms with van der Waals surface area (Å²) in [7, 11) is 0. The van der Waals surface area contributed by atoms with Crippen LogP contribution in [0, 0.1) is 0 Å². The Bertz CT molecular complexity index is 972. The number of hydrogen-bond donors (Lipinski definition) is 2. The van der Waals surface area contributed by atoms with E-state index in [0.29, 0.717) is 23.1 Å². The van der Waals surface area contributed by atoms with E-state index in [1.807, 2.05) is 6.92 Å². The van der Waals surface area contributed by atoms with Crippen molar-refractivity contribution in [3.05, 3.63) is 54.1 Å². The molecule has 0 saturated heterocycles. The van der Waals surface area contributed by atoms with E-state index >= 15 is 0 Å². The number of fused-ring (bicyclic) bond motifs is 1. The standard InChI is InChI=1S/C19H20F3N5O2/c1-2-13(23-14-9-7-12(8-10-14)19(20,21)22)11-17(24-18(28)29)27-16-6-4-3-5-15(16)25-26-27/h3-10,13,17,23-24H,2,11H2,1H3,(H,28,29)/p-1/t13-,17?/m1/s1. The molecular formula is C19H19F3N5O2-. The number of rotatable bonds is 7. The normalized spacial score (nSPS) is 13.8. The van der Waals surface area contributed by atoms with E-state index < -0.39 is 24.0 Å². The van der Waals surface area contributed by atoms with Gasteiger partial charge in [0, 0.05) is 18.2 Å². The van der Waals surface area contributed by atoms with Crippen LogP contribution in [0.4, 0.5) is 23.7 Å². The van der Waals surface area contributed by atoms with Gasteiger partial charge in [0.25, 0.3) is 0 Å². The zero-order valence-corrected chi connectivity index (χ0v) is 15.5. The van der Waals surface area contributed by atoms with Gasteiger partial charge in [0.15, 0.2) is 0 Å². The van der Waals surface area contributed by atoms with Crippen LogP contribution in [0.3, 0.4) is 0 Å². The van der Waals surface area contributed by atoms with Crippen LogP contribution in [0.25, 0.3) is 11.0 Å². The predicted molar refractivity (Wildman–Crippen MR) is 98.9 cm³/mol. The molecule has 0 spiro atoms. The van der Waals surface area contributed by atoms with E-state index in [4.69, 9.17) is 0 Å². The molecule has 2 N–H and O–H groups in total.